The fourth-order valence-corrected chi connectivity index (χ4v) is 68.7. The minimum atomic E-state index is -2.97. The first-order chi connectivity index (χ1) is 28.2. The van der Waals surface area contributed by atoms with Crippen molar-refractivity contribution in [2.45, 2.75) is 101 Å². The largest absolute Gasteiger partial charge is 0.808 e. The highest BCUT2D eigenvalue weighted by atomic mass is 33.8. The summed E-state index contributed by atoms with van der Waals surface area (Å²) >= 11 is 0. The predicted octanol–water partition coefficient (Wildman–Crippen LogP) is 12.5. The van der Waals surface area contributed by atoms with E-state index in [-0.39, 0.29) is 29.8 Å². The van der Waals surface area contributed by atoms with Crippen LogP contribution < -0.4 is 0 Å². The van der Waals surface area contributed by atoms with Crippen LogP contribution in [0.1, 0.15) is 94.2 Å². The maximum Gasteiger partial charge on any atom is 0.808 e. The average molecular weight is 1090 g/mol. The van der Waals surface area contributed by atoms with E-state index in [1.54, 1.807) is 0 Å². The van der Waals surface area contributed by atoms with Gasteiger partial charge in [-0.25, -0.2) is 0 Å². The Morgan fingerprint density at radius 3 is 1.07 bits per heavy atom. The highest BCUT2D eigenvalue weighted by Gasteiger charge is 2.68. The Morgan fingerprint density at radius 1 is 0.448 bits per heavy atom. The first-order valence-corrected chi connectivity index (χ1v) is 43.9. The molecule has 0 heterocycles. The van der Waals surface area contributed by atoms with Gasteiger partial charge in [0, 0.05) is 82.5 Å². The van der Waals surface area contributed by atoms with Crippen LogP contribution in [0.5, 0.6) is 0 Å². The van der Waals surface area contributed by atoms with Gasteiger partial charge in [0.05, 0.1) is 37.0 Å². The minimum Gasteiger partial charge on any atom is -0.331 e. The Balaban J connectivity index is 3.50. The van der Waals surface area contributed by atoms with E-state index in [2.05, 4.69) is 45.0 Å². The highest BCUT2D eigenvalue weighted by Crippen LogP contribution is 2.55. The minimum absolute atomic E-state index is 0.202. The molecule has 0 saturated carbocycles. The second-order valence-corrected chi connectivity index (χ2v) is 53.3. The Morgan fingerprint density at radius 2 is 0.759 bits per heavy atom. The zero-order chi connectivity index (χ0) is 43.1. The quantitative estimate of drug-likeness (QED) is 0.0205. The third kappa shape index (κ3) is 21.1. The van der Waals surface area contributed by atoms with E-state index >= 15 is 0 Å². The van der Waals surface area contributed by atoms with E-state index in [1.807, 2.05) is 157 Å². The number of hydrogen-bond acceptors (Lipinski definition) is 18. The highest BCUT2D eigenvalue weighted by molar-refractivity contribution is 9.32. The van der Waals surface area contributed by atoms with Crippen LogP contribution in [0.2, 0.25) is 0 Å². The summed E-state index contributed by atoms with van der Waals surface area (Å²) in [5.74, 6) is 3.86. The second kappa shape index (κ2) is 36.8. The molecule has 0 N–H and O–H groups in total. The summed E-state index contributed by atoms with van der Waals surface area (Å²) in [6.45, 7) is 30.0. The van der Waals surface area contributed by atoms with Crippen LogP contribution in [0.3, 0.4) is 0 Å². The van der Waals surface area contributed by atoms with E-state index < -0.39 is 23.9 Å². The molecule has 24 heteroatoms. The van der Waals surface area contributed by atoms with Gasteiger partial charge in [-0.15, -0.1) is 0 Å². The van der Waals surface area contributed by atoms with Gasteiger partial charge >= 0.3 is 23.9 Å². The zero-order valence-electron chi connectivity index (χ0n) is 36.6. The smallest absolute Gasteiger partial charge is 0.331 e. The number of aryl methyl sites for hydroxylation is 1. The second-order valence-electron chi connectivity index (χ2n) is 10.7. The van der Waals surface area contributed by atoms with Gasteiger partial charge in [-0.1, -0.05) is 45.0 Å². The van der Waals surface area contributed by atoms with Crippen LogP contribution in [-0.2, 0) is 77.9 Å². The van der Waals surface area contributed by atoms with Crippen molar-refractivity contribution in [2.24, 2.45) is 0 Å². The fourth-order valence-electron chi connectivity index (χ4n) is 4.77. The summed E-state index contributed by atoms with van der Waals surface area (Å²) in [6.07, 6.45) is 1.86. The van der Waals surface area contributed by atoms with Crippen molar-refractivity contribution in [1.82, 2.24) is 0 Å². The van der Waals surface area contributed by atoms with Crippen molar-refractivity contribution in [3.63, 3.8) is 0 Å². The molecule has 3 atom stereocenters. The lowest BCUT2D eigenvalue weighted by atomic mass is 10.0. The topological polar surface area (TPSA) is 83.1 Å². The average Bonchev–Trinajstić information content (AvgIpc) is 3.20. The van der Waals surface area contributed by atoms with E-state index in [1.165, 1.54) is 11.1 Å². The van der Waals surface area contributed by atoms with Gasteiger partial charge in [-0.2, -0.15) is 0 Å². The van der Waals surface area contributed by atoms with Crippen molar-refractivity contribution in [3.05, 3.63) is 35.4 Å². The molecule has 0 radical (unpaired) electrons. The van der Waals surface area contributed by atoms with Crippen LogP contribution >= 0.6 is 94.2 Å². The summed E-state index contributed by atoms with van der Waals surface area (Å²) in [6, 6.07) is 8.97. The third-order valence-corrected chi connectivity index (χ3v) is 65.2. The normalized spacial score (nSPS) is 14.8. The van der Waals surface area contributed by atoms with Crippen molar-refractivity contribution in [2.75, 3.05) is 82.5 Å². The van der Waals surface area contributed by atoms with Crippen molar-refractivity contribution < 1.29 is 39.8 Å². The van der Waals surface area contributed by atoms with Crippen LogP contribution in [-0.4, -0.2) is 111 Å². The summed E-state index contributed by atoms with van der Waals surface area (Å²) in [4.78, 5) is 0. The van der Waals surface area contributed by atoms with Crippen LogP contribution in [0, 0.1) is 0 Å². The molecule has 0 amide bonds. The number of benzene rings is 1. The van der Waals surface area contributed by atoms with Crippen molar-refractivity contribution in [1.29, 1.82) is 0 Å². The number of hydrogen-bond donors (Lipinski definition) is 0. The lowest BCUT2D eigenvalue weighted by molar-refractivity contribution is 0.0958. The van der Waals surface area contributed by atoms with Crippen molar-refractivity contribution in [3.8, 4) is 0 Å². The molecule has 1 rings (SSSR count). The Labute approximate surface area is 397 Å². The molecule has 1 aromatic rings. The number of rotatable bonds is 40. The molecule has 342 valence electrons. The summed E-state index contributed by atoms with van der Waals surface area (Å²) in [7, 11) is 7.43. The van der Waals surface area contributed by atoms with Crippen molar-refractivity contribution >= 4 is 143 Å². The van der Waals surface area contributed by atoms with Crippen LogP contribution in [0.4, 0.5) is 0 Å². The van der Waals surface area contributed by atoms with Gasteiger partial charge in [-0.05, 0) is 119 Å². The summed E-state index contributed by atoms with van der Waals surface area (Å²) in [5.41, 5.74) is 2.76. The van der Waals surface area contributed by atoms with Gasteiger partial charge in [0.1, 0.15) is 0 Å². The van der Waals surface area contributed by atoms with Gasteiger partial charge in [0.2, 0.25) is 0 Å². The molecule has 0 saturated heterocycles. The SMILES string of the molecule is CCO[Si](OCC)(OCC)[S+](SCC)SSCCc1ccccc1CC(SS[S+](SCC)[Si](OCC)(OCC)OCC)SS[S+](SCC)[Si](OCC)(OCC)OCC. The van der Waals surface area contributed by atoms with E-state index in [9.17, 15) is 0 Å². The van der Waals surface area contributed by atoms with Gasteiger partial charge < -0.3 is 39.8 Å². The van der Waals surface area contributed by atoms with E-state index in [0.29, 0.717) is 59.5 Å². The predicted molar refractivity (Wildman–Crippen MR) is 286 cm³/mol. The molecule has 3 unspecified atom stereocenters. The van der Waals surface area contributed by atoms with E-state index in [0.717, 1.165) is 35.9 Å². The zero-order valence-corrected chi connectivity index (χ0v) is 49.4. The molecular formula is C34H71O9S12Si3+3. The molecule has 0 aromatic heterocycles. The van der Waals surface area contributed by atoms with Gasteiger partial charge in [-0.3, -0.25) is 0 Å². The molecule has 0 bridgehead atoms. The molecule has 0 aliphatic carbocycles. The van der Waals surface area contributed by atoms with E-state index in [4.69, 9.17) is 39.8 Å². The monoisotopic (exact) mass is 1090 g/mol. The first-order valence-electron chi connectivity index (χ1n) is 20.1. The maximum atomic E-state index is 6.47. The first kappa shape index (κ1) is 59.7. The lowest BCUT2D eigenvalue weighted by Gasteiger charge is -2.25. The van der Waals surface area contributed by atoms with Crippen LogP contribution in [0.25, 0.3) is 0 Å². The molecule has 0 fully saturated rings. The standard InChI is InChI=1S/C34H71O9S12Si3/c1-13-35-56(36-14-2,37-15-3)53(45-22-10)50-44-30-29-32-27-25-26-28-33(32)31-34(48-51-54(46-23-11)57(38-16-4,39-17-5)40-18-6)49-52-55(47-24-12)58(41-19-7,42-20-8)43-21-9/h25-28,34H,13-24,29-31H2,1-12H3/q+3. The molecular weight excluding hydrogens is 1020 g/mol. The molecule has 58 heavy (non-hydrogen) atoms. The maximum absolute atomic E-state index is 6.47. The summed E-state index contributed by atoms with van der Waals surface area (Å²) in [5, 5.41) is 0. The van der Waals surface area contributed by atoms with Gasteiger partial charge in [0.25, 0.3) is 0 Å². The Bertz CT molecular complexity index is 1060. The fraction of sp³-hybridized carbons (Fsp3) is 0.824. The molecule has 0 aliphatic heterocycles. The van der Waals surface area contributed by atoms with Crippen LogP contribution in [0.15, 0.2) is 24.3 Å². The molecule has 1 aromatic carbocycles. The Kier molecular flexibility index (Phi) is 37.9. The summed E-state index contributed by atoms with van der Waals surface area (Å²) < 4.78 is 58.0. The molecule has 0 aliphatic rings. The lowest BCUT2D eigenvalue weighted by Crippen LogP contribution is -2.51. The Hall–Kier alpha value is 3.71. The molecule has 9 nitrogen and oxygen atoms in total. The third-order valence-electron chi connectivity index (χ3n) is 6.66. The van der Waals surface area contributed by atoms with Gasteiger partial charge in [0.15, 0.2) is 54.7 Å². The molecule has 0 spiro atoms.